The van der Waals surface area contributed by atoms with Crippen LogP contribution in [0.2, 0.25) is 0 Å². The molecule has 0 aromatic heterocycles. The molecule has 0 heterocycles. The van der Waals surface area contributed by atoms with Crippen molar-refractivity contribution >= 4 is 11.1 Å². The highest BCUT2D eigenvalue weighted by Crippen LogP contribution is 2.49. The van der Waals surface area contributed by atoms with E-state index >= 15 is 0 Å². The van der Waals surface area contributed by atoms with Gasteiger partial charge in [-0.3, -0.25) is 0 Å². The second kappa shape index (κ2) is 5.31. The first-order valence-electron chi connectivity index (χ1n) is 7.76. The van der Waals surface area contributed by atoms with Crippen LogP contribution < -0.4 is 0 Å². The normalized spacial score (nSPS) is 16.7. The molecular weight excluding hydrogens is 264 g/mol. The van der Waals surface area contributed by atoms with Gasteiger partial charge in [-0.1, -0.05) is 84.9 Å². The van der Waals surface area contributed by atoms with E-state index in [9.17, 15) is 0 Å². The van der Waals surface area contributed by atoms with E-state index in [2.05, 4.69) is 91.9 Å². The number of fused-ring (bicyclic) bond motifs is 1. The second-order valence-corrected chi connectivity index (χ2v) is 5.84. The Kier molecular flexibility index (Phi) is 3.16. The van der Waals surface area contributed by atoms with Crippen LogP contribution in [0.15, 0.2) is 84.9 Å². The van der Waals surface area contributed by atoms with Gasteiger partial charge in [-0.15, -0.1) is 0 Å². The van der Waals surface area contributed by atoms with Gasteiger partial charge in [-0.05, 0) is 40.3 Å². The Morgan fingerprint density at radius 3 is 1.95 bits per heavy atom. The van der Waals surface area contributed by atoms with Crippen LogP contribution in [0.3, 0.4) is 0 Å². The van der Waals surface area contributed by atoms with Gasteiger partial charge in [0.05, 0.1) is 0 Å². The monoisotopic (exact) mass is 282 g/mol. The predicted octanol–water partition coefficient (Wildman–Crippen LogP) is 5.76. The van der Waals surface area contributed by atoms with Crippen LogP contribution in [0.5, 0.6) is 0 Å². The Morgan fingerprint density at radius 2 is 1.23 bits per heavy atom. The van der Waals surface area contributed by atoms with E-state index in [1.807, 2.05) is 0 Å². The van der Waals surface area contributed by atoms with E-state index in [0.29, 0.717) is 5.92 Å². The third-order valence-corrected chi connectivity index (χ3v) is 4.59. The lowest BCUT2D eigenvalue weighted by Crippen LogP contribution is -2.00. The molecule has 0 aliphatic heterocycles. The molecule has 1 aliphatic carbocycles. The Labute approximate surface area is 131 Å². The number of hydrogen-bond donors (Lipinski definition) is 0. The zero-order valence-electron chi connectivity index (χ0n) is 12.7. The first-order valence-corrected chi connectivity index (χ1v) is 7.76. The Morgan fingerprint density at radius 1 is 0.636 bits per heavy atom. The molecule has 22 heavy (non-hydrogen) atoms. The molecule has 3 aromatic carbocycles. The Balaban J connectivity index is 1.97. The highest BCUT2D eigenvalue weighted by molar-refractivity contribution is 6.00. The molecule has 0 fully saturated rings. The summed E-state index contributed by atoms with van der Waals surface area (Å²) in [5.74, 6) is 0.333. The van der Waals surface area contributed by atoms with E-state index in [0.717, 1.165) is 0 Å². The van der Waals surface area contributed by atoms with Gasteiger partial charge < -0.3 is 0 Å². The van der Waals surface area contributed by atoms with Crippen molar-refractivity contribution in [3.8, 4) is 0 Å². The lowest BCUT2D eigenvalue weighted by molar-refractivity contribution is 1.07. The molecule has 1 atom stereocenters. The van der Waals surface area contributed by atoms with Gasteiger partial charge in [-0.2, -0.15) is 0 Å². The van der Waals surface area contributed by atoms with Gasteiger partial charge in [0.1, 0.15) is 0 Å². The smallest absolute Gasteiger partial charge is 0.0354 e. The molecule has 0 unspecified atom stereocenters. The first kappa shape index (κ1) is 13.1. The van der Waals surface area contributed by atoms with Crippen LogP contribution in [0, 0.1) is 0 Å². The molecule has 0 spiro atoms. The van der Waals surface area contributed by atoms with Crippen molar-refractivity contribution in [2.45, 2.75) is 12.8 Å². The van der Waals surface area contributed by atoms with Crippen LogP contribution in [-0.4, -0.2) is 0 Å². The number of rotatable bonds is 2. The first-order chi connectivity index (χ1) is 10.9. The van der Waals surface area contributed by atoms with Crippen molar-refractivity contribution in [1.29, 1.82) is 0 Å². The molecule has 0 saturated heterocycles. The van der Waals surface area contributed by atoms with Gasteiger partial charge in [0.2, 0.25) is 0 Å². The van der Waals surface area contributed by atoms with Crippen LogP contribution >= 0.6 is 0 Å². The quantitative estimate of drug-likeness (QED) is 0.560. The Bertz CT molecular complexity index is 826. The van der Waals surface area contributed by atoms with Crippen molar-refractivity contribution in [2.24, 2.45) is 0 Å². The molecule has 0 radical (unpaired) electrons. The summed E-state index contributed by atoms with van der Waals surface area (Å²) in [5.41, 5.74) is 8.33. The molecule has 0 amide bonds. The summed E-state index contributed by atoms with van der Waals surface area (Å²) in [4.78, 5) is 0. The van der Waals surface area contributed by atoms with Gasteiger partial charge in [0.15, 0.2) is 0 Å². The Hall–Kier alpha value is -2.60. The number of hydrogen-bond acceptors (Lipinski definition) is 0. The summed E-state index contributed by atoms with van der Waals surface area (Å²) < 4.78 is 0. The number of allylic oxidation sites excluding steroid dienone is 2. The minimum absolute atomic E-state index is 0.333. The maximum atomic E-state index is 2.27. The maximum absolute atomic E-state index is 2.27. The van der Waals surface area contributed by atoms with Crippen molar-refractivity contribution in [3.05, 3.63) is 107 Å². The highest BCUT2D eigenvalue weighted by Gasteiger charge is 2.30. The molecular formula is C22H18. The largest absolute Gasteiger partial charge is 0.0622 e. The van der Waals surface area contributed by atoms with Crippen LogP contribution in [-0.2, 0) is 0 Å². The van der Waals surface area contributed by atoms with Gasteiger partial charge >= 0.3 is 0 Å². The molecule has 106 valence electrons. The summed E-state index contributed by atoms with van der Waals surface area (Å²) in [6.45, 7) is 2.25. The second-order valence-electron chi connectivity index (χ2n) is 5.84. The van der Waals surface area contributed by atoms with E-state index in [4.69, 9.17) is 0 Å². The van der Waals surface area contributed by atoms with E-state index in [-0.39, 0.29) is 0 Å². The molecule has 0 N–H and O–H groups in total. The van der Waals surface area contributed by atoms with Crippen molar-refractivity contribution in [1.82, 2.24) is 0 Å². The molecule has 4 rings (SSSR count). The predicted molar refractivity (Wildman–Crippen MR) is 93.7 cm³/mol. The summed E-state index contributed by atoms with van der Waals surface area (Å²) in [6, 6.07) is 30.4. The van der Waals surface area contributed by atoms with Crippen LogP contribution in [0.25, 0.3) is 11.1 Å². The SMILES string of the molecule is CC1=C(c2ccccc2)[C@@H](c2ccccc2)c2ccccc21. The lowest BCUT2D eigenvalue weighted by Gasteiger charge is -2.18. The van der Waals surface area contributed by atoms with E-state index in [1.165, 1.54) is 33.4 Å². The van der Waals surface area contributed by atoms with Crippen molar-refractivity contribution in [3.63, 3.8) is 0 Å². The molecule has 3 aromatic rings. The van der Waals surface area contributed by atoms with E-state index in [1.54, 1.807) is 0 Å². The minimum atomic E-state index is 0.333. The average molecular weight is 282 g/mol. The van der Waals surface area contributed by atoms with Gasteiger partial charge in [0, 0.05) is 5.92 Å². The van der Waals surface area contributed by atoms with E-state index < -0.39 is 0 Å². The minimum Gasteiger partial charge on any atom is -0.0622 e. The molecule has 0 saturated carbocycles. The van der Waals surface area contributed by atoms with Gasteiger partial charge in [-0.25, -0.2) is 0 Å². The summed E-state index contributed by atoms with van der Waals surface area (Å²) in [5, 5.41) is 0. The topological polar surface area (TPSA) is 0 Å². The van der Waals surface area contributed by atoms with Crippen LogP contribution in [0.1, 0.15) is 35.1 Å². The highest BCUT2D eigenvalue weighted by atomic mass is 14.3. The van der Waals surface area contributed by atoms with Crippen LogP contribution in [0.4, 0.5) is 0 Å². The molecule has 0 nitrogen and oxygen atoms in total. The fourth-order valence-electron chi connectivity index (χ4n) is 3.60. The standard InChI is InChI=1S/C22H18/c1-16-19-14-8-9-15-20(19)22(18-12-6-3-7-13-18)21(16)17-10-4-2-5-11-17/h2-15,22H,1H3/t22-/m0/s1. The fourth-order valence-corrected chi connectivity index (χ4v) is 3.60. The summed E-state index contributed by atoms with van der Waals surface area (Å²) >= 11 is 0. The third kappa shape index (κ3) is 2.00. The third-order valence-electron chi connectivity index (χ3n) is 4.59. The fraction of sp³-hybridized carbons (Fsp3) is 0.0909. The molecule has 0 bridgehead atoms. The number of benzene rings is 3. The van der Waals surface area contributed by atoms with Gasteiger partial charge in [0.25, 0.3) is 0 Å². The average Bonchev–Trinajstić information content (AvgIpc) is 2.90. The molecule has 1 aliphatic rings. The van der Waals surface area contributed by atoms with Crippen molar-refractivity contribution < 1.29 is 0 Å². The zero-order chi connectivity index (χ0) is 14.9. The zero-order valence-corrected chi connectivity index (χ0v) is 12.7. The summed E-state index contributed by atoms with van der Waals surface area (Å²) in [7, 11) is 0. The summed E-state index contributed by atoms with van der Waals surface area (Å²) in [6.07, 6.45) is 0. The maximum Gasteiger partial charge on any atom is 0.0354 e. The van der Waals surface area contributed by atoms with Crippen molar-refractivity contribution in [2.75, 3.05) is 0 Å². The molecule has 0 heteroatoms. The lowest BCUT2D eigenvalue weighted by atomic mass is 9.85.